The molecule has 0 bridgehead atoms. The van der Waals surface area contributed by atoms with E-state index in [0.29, 0.717) is 23.4 Å². The average Bonchev–Trinajstić information content (AvgIpc) is 2.82. The minimum Gasteiger partial charge on any atom is -0.457 e. The molecule has 34 heavy (non-hydrogen) atoms. The Balaban J connectivity index is 1.41. The van der Waals surface area contributed by atoms with Crippen molar-refractivity contribution in [1.29, 1.82) is 0 Å². The molecule has 0 fully saturated rings. The molecule has 1 atom stereocenters. The van der Waals surface area contributed by atoms with Crippen LogP contribution in [0.4, 0.5) is 5.69 Å². The molecule has 0 saturated carbocycles. The van der Waals surface area contributed by atoms with Crippen LogP contribution in [0.25, 0.3) is 0 Å². The van der Waals surface area contributed by atoms with Gasteiger partial charge in [-0.05, 0) is 62.6 Å². The number of benzene rings is 3. The van der Waals surface area contributed by atoms with Crippen molar-refractivity contribution in [2.24, 2.45) is 0 Å². The number of esters is 1. The van der Waals surface area contributed by atoms with E-state index in [-0.39, 0.29) is 24.5 Å². The zero-order valence-electron chi connectivity index (χ0n) is 19.7. The second-order valence-corrected chi connectivity index (χ2v) is 8.11. The van der Waals surface area contributed by atoms with Gasteiger partial charge in [0, 0.05) is 24.1 Å². The van der Waals surface area contributed by atoms with Crippen LogP contribution >= 0.6 is 0 Å². The Labute approximate surface area is 199 Å². The van der Waals surface area contributed by atoms with E-state index in [1.165, 1.54) is 0 Å². The summed E-state index contributed by atoms with van der Waals surface area (Å²) in [7, 11) is 0. The molecule has 1 unspecified atom stereocenters. The molecule has 0 aromatic heterocycles. The Morgan fingerprint density at radius 2 is 1.47 bits per heavy atom. The van der Waals surface area contributed by atoms with E-state index in [2.05, 4.69) is 5.32 Å². The molecule has 0 spiro atoms. The molecule has 0 aliphatic carbocycles. The van der Waals surface area contributed by atoms with Gasteiger partial charge in [0.15, 0.2) is 6.10 Å². The monoisotopic (exact) mass is 459 g/mol. The second kappa shape index (κ2) is 11.8. The van der Waals surface area contributed by atoms with E-state index in [1.807, 2.05) is 38.1 Å². The third kappa shape index (κ3) is 7.04. The van der Waals surface area contributed by atoms with Crippen LogP contribution in [-0.2, 0) is 14.3 Å². The van der Waals surface area contributed by atoms with Crippen LogP contribution < -0.4 is 10.1 Å². The van der Waals surface area contributed by atoms with E-state index in [9.17, 15) is 14.4 Å². The number of amides is 1. The average molecular weight is 460 g/mol. The van der Waals surface area contributed by atoms with Crippen molar-refractivity contribution < 1.29 is 23.9 Å². The maximum atomic E-state index is 12.3. The predicted molar refractivity (Wildman–Crippen MR) is 131 cm³/mol. The topological polar surface area (TPSA) is 81.7 Å². The third-order valence-electron chi connectivity index (χ3n) is 5.29. The van der Waals surface area contributed by atoms with Gasteiger partial charge in [0.25, 0.3) is 0 Å². The van der Waals surface area contributed by atoms with E-state index in [1.54, 1.807) is 55.5 Å². The molecule has 0 heterocycles. The van der Waals surface area contributed by atoms with Gasteiger partial charge < -0.3 is 14.8 Å². The van der Waals surface area contributed by atoms with E-state index >= 15 is 0 Å². The van der Waals surface area contributed by atoms with Gasteiger partial charge in [-0.15, -0.1) is 0 Å². The fourth-order valence-corrected chi connectivity index (χ4v) is 3.45. The SMILES string of the molecule is Cc1cccc(C)c1Oc1ccc(NC(=O)CCCC(=O)OC(C)C(=O)c2ccccc2)cc1. The fourth-order valence-electron chi connectivity index (χ4n) is 3.45. The van der Waals surface area contributed by atoms with Crippen molar-refractivity contribution in [3.63, 3.8) is 0 Å². The second-order valence-electron chi connectivity index (χ2n) is 8.11. The number of carbonyl (C=O) groups is 3. The molecule has 3 aromatic carbocycles. The standard InChI is InChI=1S/C28H29NO5/c1-19-9-7-10-20(2)28(19)34-24-17-15-23(16-18-24)29-25(30)13-8-14-26(31)33-21(3)27(32)22-11-5-4-6-12-22/h4-7,9-12,15-18,21H,8,13-14H2,1-3H3,(H,29,30). The molecule has 176 valence electrons. The number of ketones is 1. The Kier molecular flexibility index (Phi) is 8.57. The summed E-state index contributed by atoms with van der Waals surface area (Å²) < 4.78 is 11.2. The number of ether oxygens (including phenoxy) is 2. The highest BCUT2D eigenvalue weighted by Gasteiger charge is 2.19. The van der Waals surface area contributed by atoms with Gasteiger partial charge in [-0.1, -0.05) is 48.5 Å². The summed E-state index contributed by atoms with van der Waals surface area (Å²) in [4.78, 5) is 36.5. The first kappa shape index (κ1) is 24.7. The number of Topliss-reactive ketones (excluding diaryl/α,β-unsaturated/α-hetero) is 1. The number of carbonyl (C=O) groups excluding carboxylic acids is 3. The molecule has 1 amide bonds. The van der Waals surface area contributed by atoms with Crippen LogP contribution in [0.2, 0.25) is 0 Å². The summed E-state index contributed by atoms with van der Waals surface area (Å²) in [5.74, 6) is 0.544. The molecule has 6 heteroatoms. The van der Waals surface area contributed by atoms with Crippen molar-refractivity contribution >= 4 is 23.3 Å². The zero-order valence-corrected chi connectivity index (χ0v) is 19.7. The highest BCUT2D eigenvalue weighted by Crippen LogP contribution is 2.29. The largest absolute Gasteiger partial charge is 0.457 e. The smallest absolute Gasteiger partial charge is 0.306 e. The van der Waals surface area contributed by atoms with Gasteiger partial charge >= 0.3 is 5.97 Å². The van der Waals surface area contributed by atoms with Gasteiger partial charge in [0.1, 0.15) is 11.5 Å². The van der Waals surface area contributed by atoms with Crippen LogP contribution in [0.5, 0.6) is 11.5 Å². The number of aryl methyl sites for hydroxylation is 2. The van der Waals surface area contributed by atoms with Crippen LogP contribution in [-0.4, -0.2) is 23.8 Å². The van der Waals surface area contributed by atoms with Crippen LogP contribution in [0.15, 0.2) is 72.8 Å². The molecule has 0 radical (unpaired) electrons. The molecule has 0 aliphatic rings. The van der Waals surface area contributed by atoms with Crippen molar-refractivity contribution in [2.45, 2.75) is 46.1 Å². The molecule has 0 saturated heterocycles. The Morgan fingerprint density at radius 3 is 2.12 bits per heavy atom. The fraction of sp³-hybridized carbons (Fsp3) is 0.250. The Morgan fingerprint density at radius 1 is 0.824 bits per heavy atom. The summed E-state index contributed by atoms with van der Waals surface area (Å²) in [5.41, 5.74) is 3.24. The first-order valence-corrected chi connectivity index (χ1v) is 11.3. The number of anilines is 1. The van der Waals surface area contributed by atoms with Gasteiger partial charge in [0.2, 0.25) is 11.7 Å². The number of nitrogens with one attached hydrogen (secondary N) is 1. The van der Waals surface area contributed by atoms with E-state index in [0.717, 1.165) is 16.9 Å². The number of rotatable bonds is 10. The van der Waals surface area contributed by atoms with Crippen LogP contribution in [0.1, 0.15) is 47.7 Å². The normalized spacial score (nSPS) is 11.4. The van der Waals surface area contributed by atoms with Crippen LogP contribution in [0, 0.1) is 13.8 Å². The van der Waals surface area contributed by atoms with Gasteiger partial charge in [-0.2, -0.15) is 0 Å². The summed E-state index contributed by atoms with van der Waals surface area (Å²) in [6, 6.07) is 21.8. The van der Waals surface area contributed by atoms with E-state index in [4.69, 9.17) is 9.47 Å². The first-order chi connectivity index (χ1) is 16.3. The zero-order chi connectivity index (χ0) is 24.5. The lowest BCUT2D eigenvalue weighted by Crippen LogP contribution is -2.24. The molecule has 3 rings (SSSR count). The molecule has 3 aromatic rings. The summed E-state index contributed by atoms with van der Waals surface area (Å²) >= 11 is 0. The lowest BCUT2D eigenvalue weighted by molar-refractivity contribution is -0.146. The number of para-hydroxylation sites is 1. The summed E-state index contributed by atoms with van der Waals surface area (Å²) in [6.45, 7) is 5.54. The maximum absolute atomic E-state index is 12.3. The van der Waals surface area contributed by atoms with Gasteiger partial charge in [-0.3, -0.25) is 14.4 Å². The molecular weight excluding hydrogens is 430 g/mol. The quantitative estimate of drug-likeness (QED) is 0.296. The van der Waals surface area contributed by atoms with E-state index < -0.39 is 12.1 Å². The minimum atomic E-state index is -0.868. The molecule has 0 aliphatic heterocycles. The Hall–Kier alpha value is -3.93. The van der Waals surface area contributed by atoms with Crippen molar-refractivity contribution in [1.82, 2.24) is 0 Å². The maximum Gasteiger partial charge on any atom is 0.306 e. The van der Waals surface area contributed by atoms with Crippen molar-refractivity contribution in [3.8, 4) is 11.5 Å². The van der Waals surface area contributed by atoms with Crippen molar-refractivity contribution in [3.05, 3.63) is 89.5 Å². The van der Waals surface area contributed by atoms with Gasteiger partial charge in [-0.25, -0.2) is 0 Å². The molecule has 1 N–H and O–H groups in total. The summed E-state index contributed by atoms with van der Waals surface area (Å²) in [5, 5.41) is 2.81. The number of hydrogen-bond acceptors (Lipinski definition) is 5. The highest BCUT2D eigenvalue weighted by molar-refractivity contribution is 6.00. The number of hydrogen-bond donors (Lipinski definition) is 1. The lowest BCUT2D eigenvalue weighted by atomic mass is 10.1. The first-order valence-electron chi connectivity index (χ1n) is 11.3. The molecule has 6 nitrogen and oxygen atoms in total. The Bertz CT molecular complexity index is 1120. The summed E-state index contributed by atoms with van der Waals surface area (Å²) in [6.07, 6.45) is -0.322. The predicted octanol–water partition coefficient (Wildman–Crippen LogP) is 6.02. The minimum absolute atomic E-state index is 0.0579. The van der Waals surface area contributed by atoms with Crippen LogP contribution in [0.3, 0.4) is 0 Å². The highest BCUT2D eigenvalue weighted by atomic mass is 16.5. The van der Waals surface area contributed by atoms with Gasteiger partial charge in [0.05, 0.1) is 0 Å². The third-order valence-corrected chi connectivity index (χ3v) is 5.29. The molecular formula is C28H29NO5. The van der Waals surface area contributed by atoms with Crippen molar-refractivity contribution in [2.75, 3.05) is 5.32 Å². The lowest BCUT2D eigenvalue weighted by Gasteiger charge is -2.13.